The Labute approximate surface area is 92.9 Å². The van der Waals surface area contributed by atoms with Gasteiger partial charge < -0.3 is 4.74 Å². The summed E-state index contributed by atoms with van der Waals surface area (Å²) in [6.45, 7) is -0.898. The van der Waals surface area contributed by atoms with Crippen molar-refractivity contribution in [3.63, 3.8) is 0 Å². The molecule has 0 heterocycles. The van der Waals surface area contributed by atoms with Crippen molar-refractivity contribution < 1.29 is 31.6 Å². The van der Waals surface area contributed by atoms with E-state index in [0.29, 0.717) is 13.8 Å². The summed E-state index contributed by atoms with van der Waals surface area (Å²) in [6, 6.07) is 0. The lowest BCUT2D eigenvalue weighted by Gasteiger charge is -2.38. The molecule has 17 heavy (non-hydrogen) atoms. The molecule has 2 unspecified atom stereocenters. The summed E-state index contributed by atoms with van der Waals surface area (Å²) in [5, 5.41) is -3.20. The maximum absolute atomic E-state index is 12.4. The monoisotopic (exact) mass is 270 g/mol. The third kappa shape index (κ3) is 4.27. The molecule has 5 nitrogen and oxygen atoms in total. The fraction of sp³-hybridized carbons (Fsp3) is 1.00. The van der Waals surface area contributed by atoms with Gasteiger partial charge in [-0.25, -0.2) is 0 Å². The molecule has 0 saturated carbocycles. The number of nitrogens with zero attached hydrogens (tertiary/aromatic N) is 2. The second kappa shape index (κ2) is 6.35. The zero-order valence-corrected chi connectivity index (χ0v) is 8.98. The first-order chi connectivity index (χ1) is 7.72. The highest BCUT2D eigenvalue weighted by molar-refractivity contribution is 4.77. The molecule has 0 aromatic rings. The van der Waals surface area contributed by atoms with Crippen LogP contribution in [0.15, 0.2) is 0 Å². The van der Waals surface area contributed by atoms with Crippen molar-refractivity contribution in [2.45, 2.75) is 25.3 Å². The van der Waals surface area contributed by atoms with Gasteiger partial charge in [-0.3, -0.25) is 0 Å². The largest absolute Gasteiger partial charge is 0.326 e. The van der Waals surface area contributed by atoms with E-state index >= 15 is 0 Å². The van der Waals surface area contributed by atoms with Crippen LogP contribution in [0.1, 0.15) is 13.8 Å². The quantitative estimate of drug-likeness (QED) is 0.397. The average Bonchev–Trinajstić information content (AvgIpc) is 2.17. The molecule has 0 bridgehead atoms. The summed E-state index contributed by atoms with van der Waals surface area (Å²) in [4.78, 5) is 0. The maximum Gasteiger partial charge on any atom is 0.195 e. The fourth-order valence-electron chi connectivity index (χ4n) is 0.982. The third-order valence-corrected chi connectivity index (χ3v) is 1.94. The topological polar surface area (TPSA) is 39.8 Å². The SMILES string of the molecule is CC(CNF)(OC(C)(CNF)N(F)F)N(F)F. The van der Waals surface area contributed by atoms with E-state index in [2.05, 4.69) is 4.74 Å². The Balaban J connectivity index is 4.92. The molecule has 0 aliphatic heterocycles. The van der Waals surface area contributed by atoms with E-state index in [1.165, 1.54) is 0 Å². The lowest BCUT2D eigenvalue weighted by atomic mass is 10.2. The highest BCUT2D eigenvalue weighted by Gasteiger charge is 2.46. The number of hydrogen-bond donors (Lipinski definition) is 2. The van der Waals surface area contributed by atoms with Crippen LogP contribution in [-0.2, 0) is 4.74 Å². The van der Waals surface area contributed by atoms with E-state index < -0.39 is 35.2 Å². The lowest BCUT2D eigenvalue weighted by Crippen LogP contribution is -2.58. The van der Waals surface area contributed by atoms with E-state index in [1.807, 2.05) is 0 Å². The van der Waals surface area contributed by atoms with E-state index in [9.17, 15) is 26.9 Å². The Hall–Kier alpha value is -0.620. The van der Waals surface area contributed by atoms with Crippen LogP contribution >= 0.6 is 0 Å². The van der Waals surface area contributed by atoms with Gasteiger partial charge in [0.05, 0.1) is 23.8 Å². The first-order valence-electron chi connectivity index (χ1n) is 4.32. The summed E-state index contributed by atoms with van der Waals surface area (Å²) in [5.41, 5.74) is -3.66. The van der Waals surface area contributed by atoms with Gasteiger partial charge >= 0.3 is 0 Å². The minimum absolute atomic E-state index is 0.652. The molecule has 0 aromatic carbocycles. The minimum atomic E-state index is -2.70. The summed E-state index contributed by atoms with van der Waals surface area (Å²) in [5.74, 6) is 0. The molecule has 0 fully saturated rings. The Bertz CT molecular complexity index is 213. The predicted octanol–water partition coefficient (Wildman–Crippen LogP) is 1.53. The summed E-state index contributed by atoms with van der Waals surface area (Å²) < 4.78 is 77.8. The van der Waals surface area contributed by atoms with Crippen molar-refractivity contribution in [3.8, 4) is 0 Å². The normalized spacial score (nSPS) is 19.4. The van der Waals surface area contributed by atoms with Crippen LogP contribution in [0.2, 0.25) is 0 Å². The predicted molar refractivity (Wildman–Crippen MR) is 44.2 cm³/mol. The second-order valence-corrected chi connectivity index (χ2v) is 3.54. The molecule has 11 heteroatoms. The molecule has 0 aliphatic rings. The van der Waals surface area contributed by atoms with Crippen LogP contribution in [0.3, 0.4) is 0 Å². The summed E-state index contributed by atoms with van der Waals surface area (Å²) in [7, 11) is 0. The molecule has 0 aromatic heterocycles. The zero-order chi connectivity index (χ0) is 13.7. The Morgan fingerprint density at radius 3 is 1.35 bits per heavy atom. The molecule has 0 aliphatic carbocycles. The van der Waals surface area contributed by atoms with Crippen molar-refractivity contribution in [3.05, 3.63) is 0 Å². The van der Waals surface area contributed by atoms with Crippen LogP contribution in [0.25, 0.3) is 0 Å². The molecule has 0 amide bonds. The van der Waals surface area contributed by atoms with Crippen molar-refractivity contribution in [2.24, 2.45) is 0 Å². The lowest BCUT2D eigenvalue weighted by molar-refractivity contribution is -0.407. The molecule has 0 saturated heterocycles. The minimum Gasteiger partial charge on any atom is -0.326 e. The highest BCUT2D eigenvalue weighted by atomic mass is 19.4. The average molecular weight is 270 g/mol. The first-order valence-corrected chi connectivity index (χ1v) is 4.32. The number of halogens is 6. The van der Waals surface area contributed by atoms with E-state index in [4.69, 9.17) is 0 Å². The van der Waals surface area contributed by atoms with Crippen molar-refractivity contribution in [1.82, 2.24) is 21.8 Å². The van der Waals surface area contributed by atoms with E-state index in [1.54, 1.807) is 0 Å². The van der Waals surface area contributed by atoms with Gasteiger partial charge in [0.2, 0.25) is 0 Å². The van der Waals surface area contributed by atoms with Crippen molar-refractivity contribution in [1.29, 1.82) is 0 Å². The standard InChI is InChI=1S/C6H12F6N4O/c1-5(3-13-7,15(9)10)17-6(2,4-14-8)16(11)12/h13-14H,3-4H2,1-2H3. The van der Waals surface area contributed by atoms with Gasteiger partial charge in [0.1, 0.15) is 0 Å². The summed E-state index contributed by atoms with van der Waals surface area (Å²) in [6.07, 6.45) is 0. The molecule has 104 valence electrons. The molecule has 0 spiro atoms. The van der Waals surface area contributed by atoms with Gasteiger partial charge in [0.25, 0.3) is 0 Å². The maximum atomic E-state index is 12.4. The molecule has 2 atom stereocenters. The first kappa shape index (κ1) is 16.4. The Morgan fingerprint density at radius 1 is 0.882 bits per heavy atom. The van der Waals surface area contributed by atoms with Crippen LogP contribution in [0.4, 0.5) is 26.9 Å². The third-order valence-electron chi connectivity index (χ3n) is 1.94. The summed E-state index contributed by atoms with van der Waals surface area (Å²) >= 11 is 0. The molecule has 0 rings (SSSR count). The second-order valence-electron chi connectivity index (χ2n) is 3.54. The van der Waals surface area contributed by atoms with Crippen LogP contribution in [0.5, 0.6) is 0 Å². The number of nitrogens with one attached hydrogen (secondary N) is 2. The van der Waals surface area contributed by atoms with Gasteiger partial charge in [0, 0.05) is 0 Å². The van der Waals surface area contributed by atoms with E-state index in [-0.39, 0.29) is 0 Å². The smallest absolute Gasteiger partial charge is 0.195 e. The van der Waals surface area contributed by atoms with Crippen molar-refractivity contribution >= 4 is 0 Å². The fourth-order valence-corrected chi connectivity index (χ4v) is 0.982. The number of hydrogen-bond acceptors (Lipinski definition) is 5. The van der Waals surface area contributed by atoms with Crippen LogP contribution < -0.4 is 11.1 Å². The van der Waals surface area contributed by atoms with Gasteiger partial charge in [-0.2, -0.15) is 11.1 Å². The molecule has 0 radical (unpaired) electrons. The molecular weight excluding hydrogens is 258 g/mol. The van der Waals surface area contributed by atoms with Crippen molar-refractivity contribution in [2.75, 3.05) is 13.1 Å². The van der Waals surface area contributed by atoms with Gasteiger partial charge in [0.15, 0.2) is 11.4 Å². The Kier molecular flexibility index (Phi) is 6.12. The molecular formula is C6H12F6N4O. The number of ether oxygens (including phenoxy) is 1. The van der Waals surface area contributed by atoms with Gasteiger partial charge in [-0.05, 0) is 13.8 Å². The molecule has 2 N–H and O–H groups in total. The van der Waals surface area contributed by atoms with Crippen LogP contribution in [0, 0.1) is 0 Å². The van der Waals surface area contributed by atoms with Crippen LogP contribution in [-0.4, -0.2) is 35.2 Å². The zero-order valence-electron chi connectivity index (χ0n) is 8.98. The Morgan fingerprint density at radius 2 is 1.18 bits per heavy atom. The van der Waals surface area contributed by atoms with Gasteiger partial charge in [-0.1, -0.05) is 17.9 Å². The van der Waals surface area contributed by atoms with Gasteiger partial charge in [-0.15, -0.1) is 8.96 Å². The number of rotatable bonds is 8. The highest BCUT2D eigenvalue weighted by Crippen LogP contribution is 2.28. The van der Waals surface area contributed by atoms with E-state index in [0.717, 1.165) is 11.1 Å².